The molecule has 0 saturated carbocycles. The molecule has 0 N–H and O–H groups in total. The van der Waals surface area contributed by atoms with Crippen LogP contribution in [0.3, 0.4) is 0 Å². The largest absolute Gasteiger partial charge is 0.469 e. The Kier molecular flexibility index (Phi) is 5.94. The molecule has 0 amide bonds. The van der Waals surface area contributed by atoms with Crippen molar-refractivity contribution in [3.8, 4) is 0 Å². The second-order valence-corrected chi connectivity index (χ2v) is 6.12. The minimum atomic E-state index is -0.170. The zero-order valence-corrected chi connectivity index (χ0v) is 12.9. The van der Waals surface area contributed by atoms with Crippen LogP contribution < -0.4 is 0 Å². The van der Waals surface area contributed by atoms with E-state index in [0.717, 1.165) is 43.2 Å². The van der Waals surface area contributed by atoms with Gasteiger partial charge in [0.25, 0.3) is 0 Å². The van der Waals surface area contributed by atoms with Crippen molar-refractivity contribution in [3.63, 3.8) is 0 Å². The highest BCUT2D eigenvalue weighted by Crippen LogP contribution is 2.16. The van der Waals surface area contributed by atoms with E-state index in [2.05, 4.69) is 15.3 Å². The molecule has 20 heavy (non-hydrogen) atoms. The standard InChI is InChI=1S/C14H22N2O3S/c1-11-15-12(10-20-11)8-16(6-5-14(17)18-2)9-13-4-3-7-19-13/h10,13H,3-9H2,1-2H3. The van der Waals surface area contributed by atoms with E-state index in [1.807, 2.05) is 6.92 Å². The monoisotopic (exact) mass is 298 g/mol. The zero-order chi connectivity index (χ0) is 14.4. The number of nitrogens with zero attached hydrogens (tertiary/aromatic N) is 2. The Morgan fingerprint density at radius 1 is 1.65 bits per heavy atom. The molecule has 0 spiro atoms. The molecule has 0 bridgehead atoms. The molecular formula is C14H22N2O3S. The molecule has 1 aliphatic heterocycles. The Morgan fingerprint density at radius 3 is 3.10 bits per heavy atom. The Bertz CT molecular complexity index is 430. The van der Waals surface area contributed by atoms with E-state index in [9.17, 15) is 4.79 Å². The third kappa shape index (κ3) is 4.85. The van der Waals surface area contributed by atoms with Crippen LogP contribution in [0.15, 0.2) is 5.38 Å². The summed E-state index contributed by atoms with van der Waals surface area (Å²) in [5.41, 5.74) is 1.07. The topological polar surface area (TPSA) is 51.7 Å². The molecule has 0 radical (unpaired) electrons. The fourth-order valence-corrected chi connectivity index (χ4v) is 2.98. The average molecular weight is 298 g/mol. The third-order valence-corrected chi connectivity index (χ3v) is 4.22. The highest BCUT2D eigenvalue weighted by Gasteiger charge is 2.20. The second kappa shape index (κ2) is 7.71. The van der Waals surface area contributed by atoms with Crippen molar-refractivity contribution in [1.82, 2.24) is 9.88 Å². The van der Waals surface area contributed by atoms with Gasteiger partial charge in [0.1, 0.15) is 0 Å². The number of ether oxygens (including phenoxy) is 2. The van der Waals surface area contributed by atoms with E-state index in [0.29, 0.717) is 13.0 Å². The van der Waals surface area contributed by atoms with Crippen molar-refractivity contribution < 1.29 is 14.3 Å². The summed E-state index contributed by atoms with van der Waals surface area (Å²) in [6.45, 7) is 5.16. The minimum absolute atomic E-state index is 0.170. The van der Waals surface area contributed by atoms with Gasteiger partial charge in [-0.3, -0.25) is 9.69 Å². The Labute approximate surface area is 123 Å². The van der Waals surface area contributed by atoms with Crippen molar-refractivity contribution in [1.29, 1.82) is 0 Å². The van der Waals surface area contributed by atoms with Crippen molar-refractivity contribution >= 4 is 17.3 Å². The normalized spacial score (nSPS) is 18.6. The SMILES string of the molecule is COC(=O)CCN(Cc1csc(C)n1)CC1CCCO1. The highest BCUT2D eigenvalue weighted by molar-refractivity contribution is 7.09. The summed E-state index contributed by atoms with van der Waals surface area (Å²) in [5.74, 6) is -0.170. The van der Waals surface area contributed by atoms with Crippen LogP contribution in [0, 0.1) is 6.92 Å². The summed E-state index contributed by atoms with van der Waals surface area (Å²) in [7, 11) is 1.43. The van der Waals surface area contributed by atoms with E-state index in [4.69, 9.17) is 9.47 Å². The fraction of sp³-hybridized carbons (Fsp3) is 0.714. The van der Waals surface area contributed by atoms with Gasteiger partial charge in [-0.05, 0) is 19.8 Å². The van der Waals surface area contributed by atoms with Gasteiger partial charge in [-0.2, -0.15) is 0 Å². The first-order chi connectivity index (χ1) is 9.67. The van der Waals surface area contributed by atoms with Crippen molar-refractivity contribution in [2.24, 2.45) is 0 Å². The first-order valence-corrected chi connectivity index (χ1v) is 7.87. The maximum absolute atomic E-state index is 11.3. The molecule has 6 heteroatoms. The molecule has 1 fully saturated rings. The smallest absolute Gasteiger partial charge is 0.306 e. The predicted octanol–water partition coefficient (Wildman–Crippen LogP) is 2.00. The molecule has 1 aromatic heterocycles. The molecule has 0 aliphatic carbocycles. The van der Waals surface area contributed by atoms with Crippen molar-refractivity contribution in [2.45, 2.75) is 38.8 Å². The van der Waals surface area contributed by atoms with E-state index in [1.165, 1.54) is 7.11 Å². The number of rotatable bonds is 7. The van der Waals surface area contributed by atoms with Gasteiger partial charge in [-0.15, -0.1) is 11.3 Å². The molecule has 2 heterocycles. The number of hydrogen-bond donors (Lipinski definition) is 0. The van der Waals surface area contributed by atoms with Crippen LogP contribution in [0.1, 0.15) is 30.0 Å². The van der Waals surface area contributed by atoms with Gasteiger partial charge >= 0.3 is 5.97 Å². The molecule has 1 atom stereocenters. The van der Waals surface area contributed by atoms with Gasteiger partial charge in [0.2, 0.25) is 0 Å². The van der Waals surface area contributed by atoms with Crippen LogP contribution in [0.2, 0.25) is 0 Å². The van der Waals surface area contributed by atoms with Crippen LogP contribution in [0.5, 0.6) is 0 Å². The van der Waals surface area contributed by atoms with Crippen LogP contribution in [0.4, 0.5) is 0 Å². The Hall–Kier alpha value is -0.980. The van der Waals surface area contributed by atoms with E-state index < -0.39 is 0 Å². The zero-order valence-electron chi connectivity index (χ0n) is 12.1. The average Bonchev–Trinajstić information content (AvgIpc) is 3.07. The number of carbonyl (C=O) groups is 1. The molecule has 0 aromatic carbocycles. The summed E-state index contributed by atoms with van der Waals surface area (Å²) >= 11 is 1.66. The number of hydrogen-bond acceptors (Lipinski definition) is 6. The van der Waals surface area contributed by atoms with Crippen molar-refractivity contribution in [2.75, 3.05) is 26.8 Å². The maximum Gasteiger partial charge on any atom is 0.306 e. The maximum atomic E-state index is 11.3. The van der Waals surface area contributed by atoms with Gasteiger partial charge < -0.3 is 9.47 Å². The lowest BCUT2D eigenvalue weighted by Gasteiger charge is -2.24. The number of thiazole rings is 1. The first-order valence-electron chi connectivity index (χ1n) is 6.99. The molecule has 112 valence electrons. The summed E-state index contributed by atoms with van der Waals surface area (Å²) in [4.78, 5) is 18.0. The summed E-state index contributed by atoms with van der Waals surface area (Å²) in [6, 6.07) is 0. The molecule has 1 aromatic rings. The van der Waals surface area contributed by atoms with E-state index in [1.54, 1.807) is 11.3 Å². The third-order valence-electron chi connectivity index (χ3n) is 3.40. The lowest BCUT2D eigenvalue weighted by atomic mass is 10.2. The van der Waals surface area contributed by atoms with E-state index in [-0.39, 0.29) is 12.1 Å². The highest BCUT2D eigenvalue weighted by atomic mass is 32.1. The van der Waals surface area contributed by atoms with Gasteiger partial charge in [-0.25, -0.2) is 4.98 Å². The van der Waals surface area contributed by atoms with Crippen molar-refractivity contribution in [3.05, 3.63) is 16.1 Å². The number of aryl methyl sites for hydroxylation is 1. The fourth-order valence-electron chi connectivity index (χ4n) is 2.37. The lowest BCUT2D eigenvalue weighted by molar-refractivity contribution is -0.141. The lowest BCUT2D eigenvalue weighted by Crippen LogP contribution is -2.33. The van der Waals surface area contributed by atoms with Gasteiger partial charge in [0.05, 0.1) is 30.3 Å². The molecular weight excluding hydrogens is 276 g/mol. The predicted molar refractivity (Wildman–Crippen MR) is 77.7 cm³/mol. The van der Waals surface area contributed by atoms with Gasteiger partial charge in [0.15, 0.2) is 0 Å². The van der Waals surface area contributed by atoms with Gasteiger partial charge in [-0.1, -0.05) is 0 Å². The summed E-state index contributed by atoms with van der Waals surface area (Å²) < 4.78 is 10.4. The molecule has 5 nitrogen and oxygen atoms in total. The van der Waals surface area contributed by atoms with Crippen LogP contribution >= 0.6 is 11.3 Å². The molecule has 2 rings (SSSR count). The van der Waals surface area contributed by atoms with E-state index >= 15 is 0 Å². The Balaban J connectivity index is 1.89. The summed E-state index contributed by atoms with van der Waals surface area (Å²) in [6.07, 6.45) is 2.93. The van der Waals surface area contributed by atoms with Crippen LogP contribution in [-0.2, 0) is 20.8 Å². The number of esters is 1. The Morgan fingerprint density at radius 2 is 2.50 bits per heavy atom. The number of methoxy groups -OCH3 is 1. The number of aromatic nitrogens is 1. The van der Waals surface area contributed by atoms with Crippen LogP contribution in [-0.4, -0.2) is 48.8 Å². The first kappa shape index (κ1) is 15.4. The summed E-state index contributed by atoms with van der Waals surface area (Å²) in [5, 5.41) is 3.15. The molecule has 1 unspecified atom stereocenters. The molecule has 1 aliphatic rings. The van der Waals surface area contributed by atoms with Crippen LogP contribution in [0.25, 0.3) is 0 Å². The second-order valence-electron chi connectivity index (χ2n) is 5.05. The molecule has 1 saturated heterocycles. The van der Waals surface area contributed by atoms with Gasteiger partial charge in [0, 0.05) is 31.6 Å². The minimum Gasteiger partial charge on any atom is -0.469 e. The number of carbonyl (C=O) groups excluding carboxylic acids is 1. The quantitative estimate of drug-likeness (QED) is 0.721.